The van der Waals surface area contributed by atoms with Crippen LogP contribution >= 0.6 is 0 Å². The summed E-state index contributed by atoms with van der Waals surface area (Å²) in [6.07, 6.45) is 11.4. The highest BCUT2D eigenvalue weighted by Crippen LogP contribution is 2.15. The number of nitrogens with zero attached hydrogens (tertiary/aromatic N) is 1. The van der Waals surface area contributed by atoms with Crippen molar-refractivity contribution in [3.05, 3.63) is 0 Å². The van der Waals surface area contributed by atoms with E-state index in [1.165, 1.54) is 71.0 Å². The van der Waals surface area contributed by atoms with E-state index in [4.69, 9.17) is 5.73 Å². The summed E-state index contributed by atoms with van der Waals surface area (Å²) in [6, 6.07) is 0. The Labute approximate surface area is 102 Å². The highest BCUT2D eigenvalue weighted by molar-refractivity contribution is 4.79. The smallest absolute Gasteiger partial charge is 0.00341 e. The van der Waals surface area contributed by atoms with Crippen LogP contribution in [0.4, 0.5) is 0 Å². The summed E-state index contributed by atoms with van der Waals surface area (Å²) in [5.74, 6) is 0.800. The number of hydrogen-bond acceptors (Lipinski definition) is 2. The zero-order chi connectivity index (χ0) is 11.6. The first-order chi connectivity index (χ1) is 7.86. The Morgan fingerprint density at radius 1 is 0.938 bits per heavy atom. The van der Waals surface area contributed by atoms with Crippen molar-refractivity contribution in [1.29, 1.82) is 0 Å². The molecule has 1 aliphatic rings. The first-order valence-electron chi connectivity index (χ1n) is 7.29. The number of unbranched alkanes of at least 4 members (excludes halogenated alkanes) is 7. The van der Waals surface area contributed by atoms with Crippen molar-refractivity contribution in [2.24, 2.45) is 11.7 Å². The molecule has 16 heavy (non-hydrogen) atoms. The number of likely N-dealkylation sites (tertiary alicyclic amines) is 1. The molecule has 0 atom stereocenters. The Balaban J connectivity index is 1.72. The molecule has 0 radical (unpaired) electrons. The van der Waals surface area contributed by atoms with Gasteiger partial charge in [-0.15, -0.1) is 0 Å². The SMILES string of the molecule is CCCCCCCCCCN1CC(CN)C1. The second-order valence-electron chi connectivity index (χ2n) is 5.34. The summed E-state index contributed by atoms with van der Waals surface area (Å²) in [5.41, 5.74) is 5.60. The van der Waals surface area contributed by atoms with Gasteiger partial charge in [-0.05, 0) is 25.4 Å². The van der Waals surface area contributed by atoms with E-state index in [-0.39, 0.29) is 0 Å². The third-order valence-corrected chi connectivity index (χ3v) is 3.69. The zero-order valence-electron chi connectivity index (χ0n) is 11.1. The standard InChI is InChI=1S/C14H30N2/c1-2-3-4-5-6-7-8-9-10-16-12-14(11-15)13-16/h14H,2-13,15H2,1H3. The second-order valence-corrected chi connectivity index (χ2v) is 5.34. The minimum Gasteiger partial charge on any atom is -0.330 e. The molecule has 0 saturated carbocycles. The molecule has 2 N–H and O–H groups in total. The van der Waals surface area contributed by atoms with Crippen LogP contribution in [-0.2, 0) is 0 Å². The topological polar surface area (TPSA) is 29.3 Å². The molecule has 0 aliphatic carbocycles. The zero-order valence-corrected chi connectivity index (χ0v) is 11.1. The van der Waals surface area contributed by atoms with E-state index in [2.05, 4.69) is 11.8 Å². The molecule has 2 nitrogen and oxygen atoms in total. The van der Waals surface area contributed by atoms with Gasteiger partial charge in [0.1, 0.15) is 0 Å². The Bertz CT molecular complexity index is 153. The summed E-state index contributed by atoms with van der Waals surface area (Å²) >= 11 is 0. The predicted octanol–water partition coefficient (Wildman–Crippen LogP) is 3.02. The van der Waals surface area contributed by atoms with Crippen molar-refractivity contribution in [2.45, 2.75) is 58.3 Å². The van der Waals surface area contributed by atoms with Crippen LogP contribution in [0.3, 0.4) is 0 Å². The van der Waals surface area contributed by atoms with E-state index in [0.29, 0.717) is 0 Å². The summed E-state index contributed by atoms with van der Waals surface area (Å²) in [4.78, 5) is 2.55. The molecule has 0 amide bonds. The molecule has 0 aromatic rings. The van der Waals surface area contributed by atoms with Gasteiger partial charge < -0.3 is 10.6 Å². The Morgan fingerprint density at radius 3 is 2.06 bits per heavy atom. The summed E-state index contributed by atoms with van der Waals surface area (Å²) in [7, 11) is 0. The van der Waals surface area contributed by atoms with Gasteiger partial charge in [0.2, 0.25) is 0 Å². The number of hydrogen-bond donors (Lipinski definition) is 1. The van der Waals surface area contributed by atoms with Crippen LogP contribution in [0.25, 0.3) is 0 Å². The molecule has 1 saturated heterocycles. The van der Waals surface area contributed by atoms with E-state index in [1.807, 2.05) is 0 Å². The minimum absolute atomic E-state index is 0.800. The largest absolute Gasteiger partial charge is 0.330 e. The van der Waals surface area contributed by atoms with Crippen molar-refractivity contribution in [3.63, 3.8) is 0 Å². The fraction of sp³-hybridized carbons (Fsp3) is 1.00. The molecule has 96 valence electrons. The van der Waals surface area contributed by atoms with E-state index in [1.54, 1.807) is 0 Å². The average Bonchev–Trinajstić information content (AvgIpc) is 2.24. The van der Waals surface area contributed by atoms with Crippen LogP contribution in [0.5, 0.6) is 0 Å². The lowest BCUT2D eigenvalue weighted by molar-refractivity contribution is 0.104. The van der Waals surface area contributed by atoms with Gasteiger partial charge in [0, 0.05) is 13.1 Å². The van der Waals surface area contributed by atoms with Crippen LogP contribution < -0.4 is 5.73 Å². The Kier molecular flexibility index (Phi) is 7.87. The molecule has 2 heteroatoms. The van der Waals surface area contributed by atoms with Crippen molar-refractivity contribution in [3.8, 4) is 0 Å². The Morgan fingerprint density at radius 2 is 1.50 bits per heavy atom. The molecule has 0 aromatic carbocycles. The maximum absolute atomic E-state index is 5.60. The fourth-order valence-electron chi connectivity index (χ4n) is 2.48. The summed E-state index contributed by atoms with van der Waals surface area (Å²) in [5, 5.41) is 0. The monoisotopic (exact) mass is 226 g/mol. The number of rotatable bonds is 10. The molecule has 0 spiro atoms. The lowest BCUT2D eigenvalue weighted by Crippen LogP contribution is -2.49. The van der Waals surface area contributed by atoms with Crippen molar-refractivity contribution in [1.82, 2.24) is 4.90 Å². The van der Waals surface area contributed by atoms with Gasteiger partial charge in [-0.2, -0.15) is 0 Å². The van der Waals surface area contributed by atoms with Crippen LogP contribution in [0, 0.1) is 5.92 Å². The third kappa shape index (κ3) is 5.86. The van der Waals surface area contributed by atoms with E-state index in [0.717, 1.165) is 12.5 Å². The minimum atomic E-state index is 0.800. The second kappa shape index (κ2) is 9.00. The lowest BCUT2D eigenvalue weighted by atomic mass is 10.00. The first-order valence-corrected chi connectivity index (χ1v) is 7.29. The molecule has 0 unspecified atom stereocenters. The van der Waals surface area contributed by atoms with Gasteiger partial charge in [0.25, 0.3) is 0 Å². The third-order valence-electron chi connectivity index (χ3n) is 3.69. The predicted molar refractivity (Wildman–Crippen MR) is 71.6 cm³/mol. The summed E-state index contributed by atoms with van der Waals surface area (Å²) < 4.78 is 0. The van der Waals surface area contributed by atoms with Gasteiger partial charge in [-0.1, -0.05) is 51.9 Å². The van der Waals surface area contributed by atoms with E-state index in [9.17, 15) is 0 Å². The van der Waals surface area contributed by atoms with Crippen LogP contribution in [-0.4, -0.2) is 31.1 Å². The average molecular weight is 226 g/mol. The molecular weight excluding hydrogens is 196 g/mol. The van der Waals surface area contributed by atoms with E-state index < -0.39 is 0 Å². The highest BCUT2D eigenvalue weighted by atomic mass is 15.2. The van der Waals surface area contributed by atoms with Gasteiger partial charge in [-0.3, -0.25) is 0 Å². The molecule has 1 fully saturated rings. The van der Waals surface area contributed by atoms with Crippen LogP contribution in [0.15, 0.2) is 0 Å². The molecule has 0 bridgehead atoms. The quantitative estimate of drug-likeness (QED) is 0.580. The van der Waals surface area contributed by atoms with Gasteiger partial charge in [-0.25, -0.2) is 0 Å². The van der Waals surface area contributed by atoms with Crippen molar-refractivity contribution >= 4 is 0 Å². The van der Waals surface area contributed by atoms with Crippen molar-refractivity contribution in [2.75, 3.05) is 26.2 Å². The fourth-order valence-corrected chi connectivity index (χ4v) is 2.48. The highest BCUT2D eigenvalue weighted by Gasteiger charge is 2.23. The molecule has 1 aliphatic heterocycles. The van der Waals surface area contributed by atoms with Crippen LogP contribution in [0.1, 0.15) is 58.3 Å². The Hall–Kier alpha value is -0.0800. The van der Waals surface area contributed by atoms with Gasteiger partial charge >= 0.3 is 0 Å². The van der Waals surface area contributed by atoms with Crippen molar-refractivity contribution < 1.29 is 0 Å². The van der Waals surface area contributed by atoms with Gasteiger partial charge in [0.15, 0.2) is 0 Å². The maximum Gasteiger partial charge on any atom is 0.00341 e. The van der Waals surface area contributed by atoms with E-state index >= 15 is 0 Å². The first kappa shape index (κ1) is 14.0. The lowest BCUT2D eigenvalue weighted by Gasteiger charge is -2.38. The molecule has 1 rings (SSSR count). The molecular formula is C14H30N2. The van der Waals surface area contributed by atoms with Gasteiger partial charge in [0.05, 0.1) is 0 Å². The summed E-state index contributed by atoms with van der Waals surface area (Å²) in [6.45, 7) is 6.99. The maximum atomic E-state index is 5.60. The van der Waals surface area contributed by atoms with Crippen LogP contribution in [0.2, 0.25) is 0 Å². The molecule has 1 heterocycles. The molecule has 0 aromatic heterocycles. The normalized spacial score (nSPS) is 17.6. The number of nitrogens with two attached hydrogens (primary N) is 1.